The van der Waals surface area contributed by atoms with E-state index in [0.29, 0.717) is 26.1 Å². The largest absolute Gasteiger partial charge is 0.494 e. The first-order valence-corrected chi connectivity index (χ1v) is 11.0. The Morgan fingerprint density at radius 2 is 0.717 bits per heavy atom. The van der Waals surface area contributed by atoms with Gasteiger partial charge in [0, 0.05) is 26.1 Å². The lowest BCUT2D eigenvalue weighted by Crippen LogP contribution is -2.00. The Balaban J connectivity index is -0.0000000114. The van der Waals surface area contributed by atoms with E-state index in [1.807, 2.05) is 32.9 Å². The zero-order valence-electron chi connectivity index (χ0n) is 20.4. The summed E-state index contributed by atoms with van der Waals surface area (Å²) in [4.78, 5) is 20.4. The van der Waals surface area contributed by atoms with Gasteiger partial charge in [-0.2, -0.15) is 0 Å². The first-order valence-electron chi connectivity index (χ1n) is 11.0. The lowest BCUT2D eigenvalue weighted by molar-refractivity contribution is -0.143. The summed E-state index contributed by atoms with van der Waals surface area (Å²) in [6.07, 6.45) is 2.05. The lowest BCUT2D eigenvalue weighted by atomic mass is 10.2. The van der Waals surface area contributed by atoms with Crippen LogP contribution in [0.1, 0.15) is 193 Å². The van der Waals surface area contributed by atoms with Gasteiger partial charge in [0.25, 0.3) is 0 Å². The van der Waals surface area contributed by atoms with Gasteiger partial charge in [-0.1, -0.05) is 152 Å². The van der Waals surface area contributed by atoms with Gasteiger partial charge < -0.3 is 18.9 Å². The minimum atomic E-state index is -0.123. The molecule has 0 bridgehead atoms. The van der Waals surface area contributed by atoms with E-state index in [4.69, 9.17) is 9.47 Å². The van der Waals surface area contributed by atoms with Crippen LogP contribution in [0.2, 0.25) is 0 Å². The highest BCUT2D eigenvalue weighted by Gasteiger charge is 1.92. The first-order chi connectivity index (χ1) is 14.4. The van der Waals surface area contributed by atoms with Crippen LogP contribution in [0.25, 0.3) is 0 Å². The second kappa shape index (κ2) is 112. The maximum absolute atomic E-state index is 10.2. The van der Waals surface area contributed by atoms with E-state index in [2.05, 4.69) is 28.5 Å². The Morgan fingerprint density at radius 1 is 0.435 bits per heavy atom. The topological polar surface area (TPSA) is 71.1 Å². The van der Waals surface area contributed by atoms with Crippen LogP contribution < -0.4 is 4.74 Å². The molecule has 304 valence electrons. The van der Waals surface area contributed by atoms with Crippen molar-refractivity contribution in [1.82, 2.24) is 0 Å². The zero-order chi connectivity index (χ0) is 23.6. The molecule has 0 unspecified atom stereocenters. The SMILES string of the molecule is C.C.C.C.C.C.C.C.C.C.C.C.C.C.C.C.CCOC(=O)CC.CCOC(=O)CC.CCOCC.CCOc1ccc(CC)cc1. The molecular weight excluding hydrogens is 576 g/mol. The Kier molecular flexibility index (Phi) is 318. The Morgan fingerprint density at radius 3 is 0.848 bits per heavy atom. The molecule has 46 heavy (non-hydrogen) atoms. The summed E-state index contributed by atoms with van der Waals surface area (Å²) in [5.74, 6) is 0.717. The second-order valence-electron chi connectivity index (χ2n) is 5.53. The summed E-state index contributed by atoms with van der Waals surface area (Å²) < 4.78 is 19.2. The van der Waals surface area contributed by atoms with Crippen LogP contribution in [0, 0.1) is 0 Å². The van der Waals surface area contributed by atoms with Crippen LogP contribution in [-0.4, -0.2) is 45.0 Å². The van der Waals surface area contributed by atoms with E-state index in [-0.39, 0.29) is 131 Å². The first kappa shape index (κ1) is 130. The van der Waals surface area contributed by atoms with Crippen molar-refractivity contribution in [2.45, 2.75) is 193 Å². The highest BCUT2D eigenvalue weighted by molar-refractivity contribution is 5.69. The summed E-state index contributed by atoms with van der Waals surface area (Å²) in [7, 11) is 0. The third-order valence-corrected chi connectivity index (χ3v) is 3.24. The summed E-state index contributed by atoms with van der Waals surface area (Å²) in [6, 6.07) is 8.24. The number of aryl methyl sites for hydroxylation is 1. The minimum absolute atomic E-state index is 0. The number of carbonyl (C=O) groups excluding carboxylic acids is 2. The number of rotatable bonds is 9. The fourth-order valence-corrected chi connectivity index (χ4v) is 1.72. The smallest absolute Gasteiger partial charge is 0.305 e. The molecule has 6 nitrogen and oxygen atoms in total. The molecule has 0 spiro atoms. The van der Waals surface area contributed by atoms with Crippen molar-refractivity contribution in [1.29, 1.82) is 0 Å². The average molecular weight is 685 g/mol. The van der Waals surface area contributed by atoms with Gasteiger partial charge in [-0.05, 0) is 58.7 Å². The molecule has 1 aromatic rings. The van der Waals surface area contributed by atoms with E-state index in [1.165, 1.54) is 5.56 Å². The molecule has 0 aromatic heterocycles. The molecule has 0 saturated heterocycles. The van der Waals surface area contributed by atoms with Crippen molar-refractivity contribution in [2.75, 3.05) is 33.0 Å². The summed E-state index contributed by atoms with van der Waals surface area (Å²) >= 11 is 0. The van der Waals surface area contributed by atoms with Crippen molar-refractivity contribution in [3.63, 3.8) is 0 Å². The molecule has 0 aliphatic heterocycles. The maximum atomic E-state index is 10.2. The number of hydrogen-bond donors (Lipinski definition) is 0. The predicted octanol–water partition coefficient (Wildman–Crippen LogP) is 15.8. The lowest BCUT2D eigenvalue weighted by Gasteiger charge is -2.02. The summed E-state index contributed by atoms with van der Waals surface area (Å²) in [5, 5.41) is 0. The molecule has 0 amide bonds. The average Bonchev–Trinajstić information content (AvgIpc) is 2.76. The summed E-state index contributed by atoms with van der Waals surface area (Å²) in [5.41, 5.74) is 1.36. The van der Waals surface area contributed by atoms with Crippen LogP contribution in [0.15, 0.2) is 24.3 Å². The molecule has 6 heteroatoms. The molecule has 1 rings (SSSR count). The highest BCUT2D eigenvalue weighted by atomic mass is 16.5. The van der Waals surface area contributed by atoms with E-state index in [9.17, 15) is 9.59 Å². The van der Waals surface area contributed by atoms with Crippen LogP contribution in [0.3, 0.4) is 0 Å². The van der Waals surface area contributed by atoms with Crippen molar-refractivity contribution in [3.8, 4) is 5.75 Å². The van der Waals surface area contributed by atoms with Crippen LogP contribution >= 0.6 is 0 Å². The summed E-state index contributed by atoms with van der Waals surface area (Å²) in [6.45, 7) is 18.7. The normalized spacial score (nSPS) is 5.74. The monoisotopic (exact) mass is 685 g/mol. The van der Waals surface area contributed by atoms with Gasteiger partial charge in [0.05, 0.1) is 19.8 Å². The van der Waals surface area contributed by atoms with Gasteiger partial charge >= 0.3 is 11.9 Å². The van der Waals surface area contributed by atoms with Gasteiger partial charge in [-0.3, -0.25) is 9.59 Å². The van der Waals surface area contributed by atoms with E-state index >= 15 is 0 Å². The molecule has 0 N–H and O–H groups in total. The molecule has 0 radical (unpaired) electrons. The molecule has 0 aliphatic rings. The number of ether oxygens (including phenoxy) is 4. The fraction of sp³-hybridized carbons (Fsp3) is 0.800. The highest BCUT2D eigenvalue weighted by Crippen LogP contribution is 2.11. The molecule has 0 saturated carbocycles. The molecular formula is C40H108O6. The number of carbonyl (C=O) groups is 2. The third kappa shape index (κ3) is 113. The number of hydrogen-bond acceptors (Lipinski definition) is 6. The van der Waals surface area contributed by atoms with Crippen molar-refractivity contribution < 1.29 is 28.5 Å². The van der Waals surface area contributed by atoms with E-state index in [0.717, 1.165) is 32.0 Å². The van der Waals surface area contributed by atoms with Crippen LogP contribution in [0.4, 0.5) is 0 Å². The van der Waals surface area contributed by atoms with E-state index in [1.54, 1.807) is 27.7 Å². The third-order valence-electron chi connectivity index (χ3n) is 3.24. The van der Waals surface area contributed by atoms with Crippen molar-refractivity contribution >= 4 is 11.9 Å². The molecule has 0 aliphatic carbocycles. The van der Waals surface area contributed by atoms with E-state index < -0.39 is 0 Å². The minimum Gasteiger partial charge on any atom is -0.494 e. The van der Waals surface area contributed by atoms with Gasteiger partial charge in [0.2, 0.25) is 0 Å². The number of esters is 2. The van der Waals surface area contributed by atoms with Gasteiger partial charge in [-0.25, -0.2) is 0 Å². The van der Waals surface area contributed by atoms with Crippen molar-refractivity contribution in [3.05, 3.63) is 29.8 Å². The van der Waals surface area contributed by atoms with Gasteiger partial charge in [0.15, 0.2) is 0 Å². The Labute approximate surface area is 302 Å². The molecule has 0 fully saturated rings. The second-order valence-corrected chi connectivity index (χ2v) is 5.53. The standard InChI is InChI=1S/C10H14O.2C5H10O2.C4H10O.16CH4/c1-3-9-5-7-10(8-6-9)11-4-2;2*1-3-5(6)7-4-2;1-3-5-4-2;;;;;;;;;;;;;;;;/h5-8H,3-4H2,1-2H3;2*3-4H2,1-2H3;3-4H2,1-2H3;16*1H4. The maximum Gasteiger partial charge on any atom is 0.305 e. The molecule has 0 atom stereocenters. The van der Waals surface area contributed by atoms with Gasteiger partial charge in [0.1, 0.15) is 5.75 Å². The Bertz CT molecular complexity index is 469. The van der Waals surface area contributed by atoms with Gasteiger partial charge in [-0.15, -0.1) is 0 Å². The fourth-order valence-electron chi connectivity index (χ4n) is 1.72. The zero-order valence-corrected chi connectivity index (χ0v) is 20.4. The quantitative estimate of drug-likeness (QED) is 0.241. The van der Waals surface area contributed by atoms with Crippen LogP contribution in [0.5, 0.6) is 5.75 Å². The Hall–Kier alpha value is -2.08. The van der Waals surface area contributed by atoms with Crippen molar-refractivity contribution in [2.24, 2.45) is 0 Å². The van der Waals surface area contributed by atoms with Crippen LogP contribution in [-0.2, 0) is 30.2 Å². The molecule has 0 heterocycles. The predicted molar refractivity (Wildman–Crippen MR) is 231 cm³/mol. The number of benzene rings is 1. The molecule has 1 aromatic carbocycles.